The molecule has 1 aromatic rings. The number of carbonyl (C=O) groups is 4. The molecule has 1 fully saturated rings. The number of amides is 3. The molecule has 2 heterocycles. The highest BCUT2D eigenvalue weighted by atomic mass is 16.3. The number of aliphatic hydroxyl groups excluding tert-OH is 1. The minimum absolute atomic E-state index is 0.257. The maximum atomic E-state index is 13.8. The number of rotatable bonds is 16. The highest BCUT2D eigenvalue weighted by molar-refractivity contribution is 5.94. The zero-order valence-electron chi connectivity index (χ0n) is 22.1. The Morgan fingerprint density at radius 3 is 2.37 bits per heavy atom. The van der Waals surface area contributed by atoms with E-state index < -0.39 is 47.5 Å². The van der Waals surface area contributed by atoms with Crippen LogP contribution < -0.4 is 27.8 Å². The van der Waals surface area contributed by atoms with Gasteiger partial charge in [-0.05, 0) is 65.0 Å². The molecule has 5 atom stereocenters. The van der Waals surface area contributed by atoms with Crippen LogP contribution in [-0.4, -0.2) is 87.8 Å². The van der Waals surface area contributed by atoms with Crippen molar-refractivity contribution in [2.24, 2.45) is 17.2 Å². The number of hydrogen-bond acceptors (Lipinski definition) is 10. The molecule has 0 bridgehead atoms. The van der Waals surface area contributed by atoms with Crippen LogP contribution in [0.1, 0.15) is 64.0 Å². The van der Waals surface area contributed by atoms with Crippen LogP contribution in [-0.2, 0) is 24.7 Å². The molecule has 1 aliphatic heterocycles. The van der Waals surface area contributed by atoms with Crippen molar-refractivity contribution in [3.63, 3.8) is 0 Å². The van der Waals surface area contributed by atoms with Crippen LogP contribution in [0.3, 0.4) is 0 Å². The number of aldehydes is 1. The molecule has 1 aliphatic rings. The second-order valence-corrected chi connectivity index (χ2v) is 9.69. The summed E-state index contributed by atoms with van der Waals surface area (Å²) in [6.07, 6.45) is 7.93. The molecule has 0 unspecified atom stereocenters. The predicted molar refractivity (Wildman–Crippen MR) is 140 cm³/mol. The lowest BCUT2D eigenvalue weighted by Gasteiger charge is -2.36. The molecule has 1 aromatic heterocycles. The van der Waals surface area contributed by atoms with E-state index in [1.165, 1.54) is 30.4 Å². The van der Waals surface area contributed by atoms with E-state index in [1.807, 2.05) is 0 Å². The standard InChI is InChI=1S/C25H42N8O5/c1-17(35)21(32-22(36)18(28)7-2-4-10-26)23(37)31-19(8-3-5-11-27)24(38)33-14-6-9-25(33,16-34)20-15-29-12-13-30-20/h12-13,15-19,21,35H,2-11,14,26-28H2,1H3,(H,31,37)(H,32,36)/t17-,18+,19+,21+,25+/m1/s1. The third kappa shape index (κ3) is 8.00. The number of aliphatic hydroxyl groups is 1. The van der Waals surface area contributed by atoms with Crippen LogP contribution in [0.5, 0.6) is 0 Å². The molecule has 0 aromatic carbocycles. The van der Waals surface area contributed by atoms with E-state index in [9.17, 15) is 24.3 Å². The van der Waals surface area contributed by atoms with Crippen LogP contribution in [0.15, 0.2) is 18.6 Å². The minimum Gasteiger partial charge on any atom is -0.391 e. The fourth-order valence-corrected chi connectivity index (χ4v) is 4.62. The Morgan fingerprint density at radius 2 is 1.79 bits per heavy atom. The normalized spacial score (nSPS) is 20.3. The molecular formula is C25H42N8O5. The van der Waals surface area contributed by atoms with Crippen LogP contribution in [0.25, 0.3) is 0 Å². The lowest BCUT2D eigenvalue weighted by molar-refractivity contribution is -0.144. The first kappa shape index (κ1) is 31.2. The maximum Gasteiger partial charge on any atom is 0.246 e. The van der Waals surface area contributed by atoms with Crippen molar-refractivity contribution in [2.75, 3.05) is 19.6 Å². The van der Waals surface area contributed by atoms with E-state index in [4.69, 9.17) is 17.2 Å². The van der Waals surface area contributed by atoms with Crippen molar-refractivity contribution in [3.8, 4) is 0 Å². The number of nitrogens with one attached hydrogen (secondary N) is 2. The highest BCUT2D eigenvalue weighted by Gasteiger charge is 2.48. The molecular weight excluding hydrogens is 492 g/mol. The molecule has 0 radical (unpaired) electrons. The monoisotopic (exact) mass is 534 g/mol. The van der Waals surface area contributed by atoms with Crippen LogP contribution in [0.4, 0.5) is 0 Å². The molecule has 212 valence electrons. The van der Waals surface area contributed by atoms with Gasteiger partial charge in [-0.15, -0.1) is 0 Å². The molecule has 0 aliphatic carbocycles. The zero-order chi connectivity index (χ0) is 28.1. The summed E-state index contributed by atoms with van der Waals surface area (Å²) in [6.45, 7) is 2.55. The number of hydrogen-bond donors (Lipinski definition) is 6. The molecule has 9 N–H and O–H groups in total. The lowest BCUT2D eigenvalue weighted by atomic mass is 9.93. The maximum absolute atomic E-state index is 13.8. The summed E-state index contributed by atoms with van der Waals surface area (Å²) in [5.41, 5.74) is 16.1. The van der Waals surface area contributed by atoms with E-state index in [0.717, 1.165) is 0 Å². The first-order chi connectivity index (χ1) is 18.2. The SMILES string of the molecule is C[C@@H](O)[C@H](NC(=O)[C@@H](N)CCCCN)C(=O)N[C@@H](CCCCN)C(=O)N1CCC[C@]1(C=O)c1cnccn1. The average Bonchev–Trinajstić information content (AvgIpc) is 3.36. The number of nitrogens with two attached hydrogens (primary N) is 3. The van der Waals surface area contributed by atoms with Crippen LogP contribution in [0, 0.1) is 0 Å². The number of likely N-dealkylation sites (tertiary alicyclic amines) is 1. The molecule has 38 heavy (non-hydrogen) atoms. The first-order valence-electron chi connectivity index (χ1n) is 13.2. The van der Waals surface area contributed by atoms with Crippen molar-refractivity contribution < 1.29 is 24.3 Å². The predicted octanol–water partition coefficient (Wildman–Crippen LogP) is -1.57. The van der Waals surface area contributed by atoms with Crippen molar-refractivity contribution in [1.29, 1.82) is 0 Å². The summed E-state index contributed by atoms with van der Waals surface area (Å²) in [5, 5.41) is 15.5. The molecule has 13 heteroatoms. The summed E-state index contributed by atoms with van der Waals surface area (Å²) in [4.78, 5) is 61.7. The molecule has 0 spiro atoms. The number of carbonyl (C=O) groups excluding carboxylic acids is 4. The Kier molecular flexibility index (Phi) is 12.7. The third-order valence-corrected chi connectivity index (χ3v) is 6.82. The van der Waals surface area contributed by atoms with E-state index in [2.05, 4.69) is 20.6 Å². The Bertz CT molecular complexity index is 918. The van der Waals surface area contributed by atoms with Gasteiger partial charge in [0.1, 0.15) is 17.6 Å². The molecule has 1 saturated heterocycles. The summed E-state index contributed by atoms with van der Waals surface area (Å²) >= 11 is 0. The second kappa shape index (κ2) is 15.4. The Balaban J connectivity index is 2.22. The fourth-order valence-electron chi connectivity index (χ4n) is 4.62. The van der Waals surface area contributed by atoms with Gasteiger partial charge >= 0.3 is 0 Å². The number of unbranched alkanes of at least 4 members (excludes halogenated alkanes) is 2. The Labute approximate surface area is 223 Å². The smallest absolute Gasteiger partial charge is 0.246 e. The van der Waals surface area contributed by atoms with Crippen molar-refractivity contribution in [1.82, 2.24) is 25.5 Å². The van der Waals surface area contributed by atoms with Gasteiger partial charge in [-0.3, -0.25) is 24.4 Å². The summed E-state index contributed by atoms with van der Waals surface area (Å²) < 4.78 is 0. The quantitative estimate of drug-likeness (QED) is 0.106. The van der Waals surface area contributed by atoms with Crippen molar-refractivity contribution in [2.45, 2.75) is 88.1 Å². The molecule has 0 saturated carbocycles. The van der Waals surface area contributed by atoms with Crippen molar-refractivity contribution in [3.05, 3.63) is 24.3 Å². The van der Waals surface area contributed by atoms with Gasteiger partial charge in [0.05, 0.1) is 24.0 Å². The summed E-state index contributed by atoms with van der Waals surface area (Å²) in [6, 6.07) is -3.22. The van der Waals surface area contributed by atoms with E-state index in [-0.39, 0.29) is 6.42 Å². The van der Waals surface area contributed by atoms with Gasteiger partial charge in [0.2, 0.25) is 17.7 Å². The Morgan fingerprint density at radius 1 is 1.11 bits per heavy atom. The van der Waals surface area contributed by atoms with Crippen LogP contribution in [0.2, 0.25) is 0 Å². The highest BCUT2D eigenvalue weighted by Crippen LogP contribution is 2.36. The first-order valence-corrected chi connectivity index (χ1v) is 13.2. The van der Waals surface area contributed by atoms with Gasteiger partial charge in [-0.2, -0.15) is 0 Å². The van der Waals surface area contributed by atoms with E-state index in [0.29, 0.717) is 76.6 Å². The zero-order valence-corrected chi connectivity index (χ0v) is 22.1. The molecule has 3 amide bonds. The molecule has 13 nitrogen and oxygen atoms in total. The fraction of sp³-hybridized carbons (Fsp3) is 0.680. The minimum atomic E-state index is -1.33. The van der Waals surface area contributed by atoms with Crippen molar-refractivity contribution >= 4 is 24.0 Å². The number of aromatic nitrogens is 2. The largest absolute Gasteiger partial charge is 0.391 e. The van der Waals surface area contributed by atoms with E-state index in [1.54, 1.807) is 0 Å². The lowest BCUT2D eigenvalue weighted by Crippen LogP contribution is -2.60. The number of nitrogens with zero attached hydrogens (tertiary/aromatic N) is 3. The Hall–Kier alpha value is -3.00. The summed E-state index contributed by atoms with van der Waals surface area (Å²) in [5.74, 6) is -1.78. The van der Waals surface area contributed by atoms with Crippen LogP contribution >= 0.6 is 0 Å². The van der Waals surface area contributed by atoms with Gasteiger partial charge in [-0.1, -0.05) is 6.42 Å². The van der Waals surface area contributed by atoms with Gasteiger partial charge < -0.3 is 42.6 Å². The van der Waals surface area contributed by atoms with Gasteiger partial charge in [0.15, 0.2) is 6.29 Å². The summed E-state index contributed by atoms with van der Waals surface area (Å²) in [7, 11) is 0. The van der Waals surface area contributed by atoms with E-state index >= 15 is 0 Å². The third-order valence-electron chi connectivity index (χ3n) is 6.82. The topological polar surface area (TPSA) is 220 Å². The van der Waals surface area contributed by atoms with Gasteiger partial charge in [0, 0.05) is 18.9 Å². The second-order valence-electron chi connectivity index (χ2n) is 9.69. The van der Waals surface area contributed by atoms with Gasteiger partial charge in [0.25, 0.3) is 0 Å². The average molecular weight is 535 g/mol. The molecule has 2 rings (SSSR count). The van der Waals surface area contributed by atoms with Gasteiger partial charge in [-0.25, -0.2) is 0 Å².